The Morgan fingerprint density at radius 1 is 0.365 bits per heavy atom. The molecule has 104 heavy (non-hydrogen) atoms. The number of carbonyl (C=O) groups excluding carboxylic acids is 3. The van der Waals surface area contributed by atoms with Crippen molar-refractivity contribution in [1.29, 1.82) is 0 Å². The SMILES string of the molecule is O=C(Cn1nc(-c2ccc(F)cc2)nc1-c1ccc(F)cc1)N1CCN(c2ccc(Cl)nn2)CC1.O=C(Cn1nc(-c2ccc(F)cc2)nc1-c1ccc(F)cc1)N1CCN(c2ccccc2O)CC1.O=C(Cn1nc(-c2ccc(F)cc2)nc1-c1ccc(F)cc1)N1CCN(c2cnccn2)CC1. The van der Waals surface area contributed by atoms with E-state index in [0.717, 1.165) is 11.5 Å². The van der Waals surface area contributed by atoms with Gasteiger partial charge in [-0.15, -0.1) is 25.5 Å². The first-order valence-corrected chi connectivity index (χ1v) is 33.4. The molecule has 0 aliphatic carbocycles. The van der Waals surface area contributed by atoms with Gasteiger partial charge in [0.2, 0.25) is 17.7 Å². The maximum atomic E-state index is 13.5. The molecule has 8 heterocycles. The highest BCUT2D eigenvalue weighted by molar-refractivity contribution is 6.29. The molecular formula is C74H64ClF6N19O4. The van der Waals surface area contributed by atoms with Crippen LogP contribution in [0.25, 0.3) is 68.3 Å². The molecule has 0 radical (unpaired) electrons. The van der Waals surface area contributed by atoms with Crippen molar-refractivity contribution in [2.24, 2.45) is 0 Å². The predicted molar refractivity (Wildman–Crippen MR) is 376 cm³/mol. The Morgan fingerprint density at radius 3 is 1.01 bits per heavy atom. The van der Waals surface area contributed by atoms with Crippen molar-refractivity contribution in [3.63, 3.8) is 0 Å². The van der Waals surface area contributed by atoms with E-state index in [9.17, 15) is 45.8 Å². The zero-order chi connectivity index (χ0) is 72.2. The first-order valence-electron chi connectivity index (χ1n) is 33.0. The summed E-state index contributed by atoms with van der Waals surface area (Å²) in [6.07, 6.45) is 4.98. The molecule has 12 aromatic rings. The zero-order valence-electron chi connectivity index (χ0n) is 55.5. The highest BCUT2D eigenvalue weighted by atomic mass is 35.5. The summed E-state index contributed by atoms with van der Waals surface area (Å²) in [4.78, 5) is 73.0. The van der Waals surface area contributed by atoms with Crippen molar-refractivity contribution in [3.8, 4) is 74.1 Å². The van der Waals surface area contributed by atoms with Crippen LogP contribution in [-0.4, -0.2) is 181 Å². The topological polar surface area (TPSA) is 235 Å². The number of nitrogens with zero attached hydrogens (tertiary/aromatic N) is 19. The lowest BCUT2D eigenvalue weighted by Gasteiger charge is -2.36. The van der Waals surface area contributed by atoms with Crippen LogP contribution in [0.2, 0.25) is 5.15 Å². The van der Waals surface area contributed by atoms with Gasteiger partial charge >= 0.3 is 0 Å². The summed E-state index contributed by atoms with van der Waals surface area (Å²) in [6, 6.07) is 45.5. The number of hydrogen-bond donors (Lipinski definition) is 1. The fourth-order valence-electron chi connectivity index (χ4n) is 11.9. The molecule has 7 aromatic carbocycles. The number of aromatic nitrogens is 13. The highest BCUT2D eigenvalue weighted by Crippen LogP contribution is 2.30. The van der Waals surface area contributed by atoms with E-state index >= 15 is 0 Å². The second-order valence-electron chi connectivity index (χ2n) is 24.2. The van der Waals surface area contributed by atoms with E-state index in [-0.39, 0.29) is 78.0 Å². The summed E-state index contributed by atoms with van der Waals surface area (Å²) in [6.45, 7) is 6.67. The maximum Gasteiger partial charge on any atom is 0.244 e. The third-order valence-electron chi connectivity index (χ3n) is 17.4. The minimum Gasteiger partial charge on any atom is -0.506 e. The largest absolute Gasteiger partial charge is 0.506 e. The van der Waals surface area contributed by atoms with Crippen LogP contribution in [0.1, 0.15) is 0 Å². The average Bonchev–Trinajstić information content (AvgIpc) is 1.69. The van der Waals surface area contributed by atoms with Crippen molar-refractivity contribution in [2.75, 3.05) is 93.2 Å². The van der Waals surface area contributed by atoms with Gasteiger partial charge in [-0.2, -0.15) is 0 Å². The van der Waals surface area contributed by atoms with E-state index in [1.165, 1.54) is 86.8 Å². The number of benzene rings is 7. The molecule has 528 valence electrons. The van der Waals surface area contributed by atoms with Gasteiger partial charge in [0.15, 0.2) is 45.9 Å². The van der Waals surface area contributed by atoms with Crippen LogP contribution in [0.3, 0.4) is 0 Å². The van der Waals surface area contributed by atoms with Gasteiger partial charge in [-0.1, -0.05) is 23.7 Å². The first kappa shape index (κ1) is 70.1. The number of anilines is 3. The smallest absolute Gasteiger partial charge is 0.244 e. The van der Waals surface area contributed by atoms with Crippen molar-refractivity contribution >= 4 is 46.6 Å². The van der Waals surface area contributed by atoms with Gasteiger partial charge in [0, 0.05) is 124 Å². The Balaban J connectivity index is 0.000000139. The van der Waals surface area contributed by atoms with Gasteiger partial charge < -0.3 is 34.5 Å². The Labute approximate surface area is 596 Å². The summed E-state index contributed by atoms with van der Waals surface area (Å²) in [5.41, 5.74) is 4.45. The molecule has 0 bridgehead atoms. The fraction of sp³-hybridized carbons (Fsp3) is 0.203. The van der Waals surface area contributed by atoms with E-state index in [0.29, 0.717) is 158 Å². The average molecular weight is 1430 g/mol. The van der Waals surface area contributed by atoms with Crippen LogP contribution in [-0.2, 0) is 34.0 Å². The molecule has 30 heteroatoms. The normalized spacial score (nSPS) is 13.8. The van der Waals surface area contributed by atoms with Crippen molar-refractivity contribution < 1.29 is 45.8 Å². The van der Waals surface area contributed by atoms with Crippen LogP contribution in [0.5, 0.6) is 5.75 Å². The second-order valence-corrected chi connectivity index (χ2v) is 24.5. The van der Waals surface area contributed by atoms with Crippen molar-refractivity contribution in [1.82, 2.24) is 79.2 Å². The lowest BCUT2D eigenvalue weighted by Crippen LogP contribution is -2.50. The number of para-hydroxylation sites is 2. The minimum atomic E-state index is -0.378. The van der Waals surface area contributed by atoms with E-state index < -0.39 is 0 Å². The van der Waals surface area contributed by atoms with E-state index in [2.05, 4.69) is 55.3 Å². The molecule has 15 rings (SSSR count). The number of rotatable bonds is 15. The number of aromatic hydroxyl groups is 1. The standard InChI is InChI=1S/C26H23F2N5O2.C24H20ClF2N7O.C24H21F2N7O/c27-20-9-5-18(6-10-20)25-29-26(19-7-11-21(28)12-8-19)33(30-25)17-24(35)32-15-13-31(14-16-32)22-3-1-2-4-23(22)34;25-20-9-10-21(30-29-20)32-11-13-33(14-12-32)22(35)15-34-24(17-3-7-19(27)8-4-17)28-23(31-34)16-1-5-18(26)6-2-16;25-19-5-1-17(2-6-19)23-29-24(18-3-7-20(26)8-4-18)33(30-23)16-22(34)32-13-11-31(12-14-32)21-15-27-9-10-28-21/h1-12,34H,13-17H2;1-10H,11-15H2;1-10,15H,11-14,16H2. The maximum absolute atomic E-state index is 13.5. The lowest BCUT2D eigenvalue weighted by molar-refractivity contribution is -0.133. The van der Waals surface area contributed by atoms with Crippen molar-refractivity contribution in [3.05, 3.63) is 241 Å². The molecule has 0 spiro atoms. The number of halogens is 7. The van der Waals surface area contributed by atoms with E-state index in [1.54, 1.807) is 130 Å². The summed E-state index contributed by atoms with van der Waals surface area (Å²) < 4.78 is 85.1. The molecule has 3 saturated heterocycles. The Morgan fingerprint density at radius 2 is 0.692 bits per heavy atom. The monoisotopic (exact) mass is 1430 g/mol. The molecule has 0 unspecified atom stereocenters. The molecule has 3 fully saturated rings. The van der Waals surface area contributed by atoms with Gasteiger partial charge in [-0.05, 0) is 170 Å². The molecule has 1 N–H and O–H groups in total. The van der Waals surface area contributed by atoms with E-state index in [1.807, 2.05) is 21.9 Å². The Bertz CT molecular complexity index is 4910. The van der Waals surface area contributed by atoms with Crippen molar-refractivity contribution in [2.45, 2.75) is 19.6 Å². The number of amides is 3. The third-order valence-corrected chi connectivity index (χ3v) is 17.6. The number of carbonyl (C=O) groups is 3. The Hall–Kier alpha value is -12.4. The zero-order valence-corrected chi connectivity index (χ0v) is 56.2. The predicted octanol–water partition coefficient (Wildman–Crippen LogP) is 10.7. The van der Waals surface area contributed by atoms with Gasteiger partial charge in [-0.3, -0.25) is 19.4 Å². The van der Waals surface area contributed by atoms with Gasteiger partial charge in [0.1, 0.15) is 66.1 Å². The van der Waals surface area contributed by atoms with Gasteiger partial charge in [0.25, 0.3) is 0 Å². The van der Waals surface area contributed by atoms with Crippen LogP contribution >= 0.6 is 11.6 Å². The molecule has 5 aromatic heterocycles. The summed E-state index contributed by atoms with van der Waals surface area (Å²) in [5, 5.41) is 32.0. The van der Waals surface area contributed by atoms with Crippen LogP contribution < -0.4 is 14.7 Å². The third kappa shape index (κ3) is 17.1. The molecule has 3 amide bonds. The lowest BCUT2D eigenvalue weighted by atomic mass is 10.2. The van der Waals surface area contributed by atoms with Crippen LogP contribution in [0.15, 0.2) is 201 Å². The first-order chi connectivity index (χ1) is 50.5. The van der Waals surface area contributed by atoms with Crippen LogP contribution in [0, 0.1) is 34.9 Å². The highest BCUT2D eigenvalue weighted by Gasteiger charge is 2.29. The molecule has 3 aliphatic rings. The summed E-state index contributed by atoms with van der Waals surface area (Å²) in [5.74, 6) is 1.48. The minimum absolute atomic E-state index is 0.0218. The summed E-state index contributed by atoms with van der Waals surface area (Å²) in [7, 11) is 0. The summed E-state index contributed by atoms with van der Waals surface area (Å²) >= 11 is 5.81. The quantitative estimate of drug-likeness (QED) is 0.0940. The molecule has 0 saturated carbocycles. The second kappa shape index (κ2) is 32.1. The fourth-order valence-corrected chi connectivity index (χ4v) is 12.0. The Kier molecular flexibility index (Phi) is 21.6. The van der Waals surface area contributed by atoms with E-state index in [4.69, 9.17) is 11.6 Å². The van der Waals surface area contributed by atoms with Gasteiger partial charge in [0.05, 0.1) is 11.9 Å². The number of phenols is 1. The van der Waals surface area contributed by atoms with Crippen LogP contribution in [0.4, 0.5) is 43.7 Å². The van der Waals surface area contributed by atoms with Gasteiger partial charge in [-0.25, -0.2) is 60.3 Å². The molecule has 23 nitrogen and oxygen atoms in total. The molecule has 0 atom stereocenters. The number of hydrogen-bond acceptors (Lipinski definition) is 17. The molecule has 3 aliphatic heterocycles. The molecular weight excluding hydrogens is 1370 g/mol. The number of piperazine rings is 3. The number of phenolic OH excluding ortho intramolecular Hbond substituents is 1.